The summed E-state index contributed by atoms with van der Waals surface area (Å²) in [7, 11) is 1.73. The van der Waals surface area contributed by atoms with Gasteiger partial charge in [0.2, 0.25) is 0 Å². The number of hydrogen-bond acceptors (Lipinski definition) is 1. The van der Waals surface area contributed by atoms with E-state index in [0.29, 0.717) is 11.3 Å². The first-order valence-electron chi connectivity index (χ1n) is 5.05. The molecule has 2 nitrogen and oxygen atoms in total. The fourth-order valence-corrected chi connectivity index (χ4v) is 2.15. The third kappa shape index (κ3) is 2.62. The number of aromatic nitrogens is 2. The lowest BCUT2D eigenvalue weighted by Gasteiger charge is -2.05. The topological polar surface area (TPSA) is 17.8 Å². The Labute approximate surface area is 105 Å². The second-order valence-electron chi connectivity index (χ2n) is 3.81. The maximum atomic E-state index is 12.2. The molecule has 0 amide bonds. The normalized spacial score (nSPS) is 12.3. The molecule has 2 aromatic rings. The lowest BCUT2D eigenvalue weighted by atomic mass is 10.3. The van der Waals surface area contributed by atoms with Gasteiger partial charge in [0.15, 0.2) is 0 Å². The van der Waals surface area contributed by atoms with Crippen LogP contribution in [0.1, 0.15) is 12.2 Å². The number of para-hydroxylation sites is 1. The SMILES string of the molecule is Cn1c(CCC(F)(F)F)nc2c(Br)cccc21. The molecule has 1 aromatic carbocycles. The highest BCUT2D eigenvalue weighted by molar-refractivity contribution is 9.10. The molecule has 0 aliphatic heterocycles. The first-order chi connectivity index (χ1) is 7.88. The Kier molecular flexibility index (Phi) is 3.16. The molecule has 0 aliphatic rings. The summed E-state index contributed by atoms with van der Waals surface area (Å²) in [6.07, 6.45) is -5.09. The lowest BCUT2D eigenvalue weighted by Crippen LogP contribution is -2.10. The van der Waals surface area contributed by atoms with E-state index in [2.05, 4.69) is 20.9 Å². The van der Waals surface area contributed by atoms with Crippen molar-refractivity contribution in [3.63, 3.8) is 0 Å². The van der Waals surface area contributed by atoms with E-state index in [0.717, 1.165) is 9.99 Å². The van der Waals surface area contributed by atoms with Crippen molar-refractivity contribution in [1.29, 1.82) is 0 Å². The van der Waals surface area contributed by atoms with E-state index in [1.54, 1.807) is 11.6 Å². The number of alkyl halides is 3. The van der Waals surface area contributed by atoms with Crippen LogP contribution in [0, 0.1) is 0 Å². The molecule has 0 saturated carbocycles. The zero-order valence-electron chi connectivity index (χ0n) is 9.05. The van der Waals surface area contributed by atoms with E-state index in [4.69, 9.17) is 0 Å². The van der Waals surface area contributed by atoms with Crippen molar-refractivity contribution < 1.29 is 13.2 Å². The van der Waals surface area contributed by atoms with Gasteiger partial charge in [0, 0.05) is 17.9 Å². The molecule has 2 rings (SSSR count). The van der Waals surface area contributed by atoms with Gasteiger partial charge in [0.05, 0.1) is 11.9 Å². The molecule has 0 bridgehead atoms. The molecule has 17 heavy (non-hydrogen) atoms. The molecule has 0 spiro atoms. The van der Waals surface area contributed by atoms with Crippen LogP contribution in [0.3, 0.4) is 0 Å². The van der Waals surface area contributed by atoms with Crippen molar-refractivity contribution >= 4 is 27.0 Å². The van der Waals surface area contributed by atoms with Gasteiger partial charge in [-0.05, 0) is 28.1 Å². The van der Waals surface area contributed by atoms with Crippen molar-refractivity contribution in [2.24, 2.45) is 7.05 Å². The minimum atomic E-state index is -4.14. The van der Waals surface area contributed by atoms with Gasteiger partial charge in [-0.25, -0.2) is 4.98 Å². The number of halogens is 4. The molecule has 1 aromatic heterocycles. The quantitative estimate of drug-likeness (QED) is 0.824. The first kappa shape index (κ1) is 12.4. The fraction of sp³-hybridized carbons (Fsp3) is 0.364. The smallest absolute Gasteiger partial charge is 0.331 e. The Morgan fingerprint density at radius 3 is 2.65 bits per heavy atom. The number of aryl methyl sites for hydroxylation is 2. The molecule has 0 atom stereocenters. The fourth-order valence-electron chi connectivity index (χ4n) is 1.71. The van der Waals surface area contributed by atoms with Gasteiger partial charge < -0.3 is 4.57 Å². The predicted octanol–water partition coefficient (Wildman–Crippen LogP) is 3.83. The average molecular weight is 307 g/mol. The molecular weight excluding hydrogens is 297 g/mol. The third-order valence-corrected chi connectivity index (χ3v) is 3.23. The standard InChI is InChI=1S/C11H10BrF3N2/c1-17-8-4-2-3-7(12)10(8)16-9(17)5-6-11(13,14)15/h2-4H,5-6H2,1H3. The van der Waals surface area contributed by atoms with Gasteiger partial charge in [-0.2, -0.15) is 13.2 Å². The van der Waals surface area contributed by atoms with Crippen LogP contribution in [-0.2, 0) is 13.5 Å². The van der Waals surface area contributed by atoms with E-state index in [9.17, 15) is 13.2 Å². The van der Waals surface area contributed by atoms with Crippen molar-refractivity contribution in [2.45, 2.75) is 19.0 Å². The van der Waals surface area contributed by atoms with Crippen molar-refractivity contribution in [3.05, 3.63) is 28.5 Å². The van der Waals surface area contributed by atoms with Gasteiger partial charge in [0.1, 0.15) is 11.3 Å². The summed E-state index contributed by atoms with van der Waals surface area (Å²) >= 11 is 3.34. The van der Waals surface area contributed by atoms with Crippen molar-refractivity contribution in [2.75, 3.05) is 0 Å². The summed E-state index contributed by atoms with van der Waals surface area (Å²) in [5, 5.41) is 0. The van der Waals surface area contributed by atoms with Gasteiger partial charge in [-0.15, -0.1) is 0 Å². The second-order valence-corrected chi connectivity index (χ2v) is 4.66. The third-order valence-electron chi connectivity index (χ3n) is 2.59. The monoisotopic (exact) mass is 306 g/mol. The largest absolute Gasteiger partial charge is 0.389 e. The van der Waals surface area contributed by atoms with Crippen molar-refractivity contribution in [3.8, 4) is 0 Å². The highest BCUT2D eigenvalue weighted by Crippen LogP contribution is 2.26. The molecular formula is C11H10BrF3N2. The second kappa shape index (κ2) is 4.33. The summed E-state index contributed by atoms with van der Waals surface area (Å²) in [5.74, 6) is 0.448. The van der Waals surface area contributed by atoms with Gasteiger partial charge in [0.25, 0.3) is 0 Å². The van der Waals surface area contributed by atoms with Gasteiger partial charge >= 0.3 is 6.18 Å². The summed E-state index contributed by atoms with van der Waals surface area (Å²) in [6.45, 7) is 0. The number of rotatable bonds is 2. The Morgan fingerprint density at radius 2 is 2.06 bits per heavy atom. The van der Waals surface area contributed by atoms with Crippen LogP contribution < -0.4 is 0 Å². The molecule has 0 aliphatic carbocycles. The summed E-state index contributed by atoms with van der Waals surface area (Å²) in [6, 6.07) is 5.49. The highest BCUT2D eigenvalue weighted by atomic mass is 79.9. The number of benzene rings is 1. The average Bonchev–Trinajstić information content (AvgIpc) is 2.54. The Morgan fingerprint density at radius 1 is 1.35 bits per heavy atom. The van der Waals surface area contributed by atoms with E-state index < -0.39 is 12.6 Å². The van der Waals surface area contributed by atoms with Crippen molar-refractivity contribution in [1.82, 2.24) is 9.55 Å². The Balaban J connectivity index is 2.36. The minimum absolute atomic E-state index is 0.0961. The van der Waals surface area contributed by atoms with Gasteiger partial charge in [-0.1, -0.05) is 6.07 Å². The number of fused-ring (bicyclic) bond motifs is 1. The molecule has 0 fully saturated rings. The van der Waals surface area contributed by atoms with E-state index in [1.165, 1.54) is 0 Å². The van der Waals surface area contributed by atoms with Crippen LogP contribution in [0.25, 0.3) is 11.0 Å². The number of nitrogens with zero attached hydrogens (tertiary/aromatic N) is 2. The van der Waals surface area contributed by atoms with Crippen LogP contribution in [0.5, 0.6) is 0 Å². The first-order valence-corrected chi connectivity index (χ1v) is 5.84. The summed E-state index contributed by atoms with van der Waals surface area (Å²) in [5.41, 5.74) is 1.53. The maximum absolute atomic E-state index is 12.2. The predicted molar refractivity (Wildman–Crippen MR) is 62.8 cm³/mol. The van der Waals surface area contributed by atoms with Crippen LogP contribution in [-0.4, -0.2) is 15.7 Å². The summed E-state index contributed by atoms with van der Waals surface area (Å²) < 4.78 is 39.0. The number of hydrogen-bond donors (Lipinski definition) is 0. The molecule has 1 heterocycles. The minimum Gasteiger partial charge on any atom is -0.331 e. The van der Waals surface area contributed by atoms with Crippen LogP contribution >= 0.6 is 15.9 Å². The summed E-state index contributed by atoms with van der Waals surface area (Å²) in [4.78, 5) is 4.23. The molecule has 0 saturated heterocycles. The van der Waals surface area contributed by atoms with Crippen LogP contribution in [0.2, 0.25) is 0 Å². The molecule has 0 unspecified atom stereocenters. The van der Waals surface area contributed by atoms with Crippen LogP contribution in [0.4, 0.5) is 13.2 Å². The molecule has 0 N–H and O–H groups in total. The zero-order chi connectivity index (χ0) is 12.6. The molecule has 6 heteroatoms. The highest BCUT2D eigenvalue weighted by Gasteiger charge is 2.27. The number of imidazole rings is 1. The molecule has 92 valence electrons. The maximum Gasteiger partial charge on any atom is 0.389 e. The van der Waals surface area contributed by atoms with E-state index >= 15 is 0 Å². The van der Waals surface area contributed by atoms with E-state index in [1.807, 2.05) is 18.2 Å². The lowest BCUT2D eigenvalue weighted by molar-refractivity contribution is -0.134. The Hall–Kier alpha value is -1.04. The molecule has 0 radical (unpaired) electrons. The zero-order valence-corrected chi connectivity index (χ0v) is 10.6. The Bertz CT molecular complexity index is 545. The van der Waals surface area contributed by atoms with E-state index in [-0.39, 0.29) is 6.42 Å². The van der Waals surface area contributed by atoms with Crippen LogP contribution in [0.15, 0.2) is 22.7 Å². The van der Waals surface area contributed by atoms with Gasteiger partial charge in [-0.3, -0.25) is 0 Å².